The Bertz CT molecular complexity index is 944. The molecule has 0 saturated heterocycles. The molecule has 0 aliphatic heterocycles. The van der Waals surface area contributed by atoms with Crippen LogP contribution in [0.2, 0.25) is 10.0 Å². The smallest absolute Gasteiger partial charge is 0.307 e. The van der Waals surface area contributed by atoms with E-state index in [1.807, 2.05) is 0 Å². The van der Waals surface area contributed by atoms with E-state index in [0.29, 0.717) is 34.0 Å². The molecule has 9 heteroatoms. The van der Waals surface area contributed by atoms with Gasteiger partial charge in [-0.15, -0.1) is 11.3 Å². The van der Waals surface area contributed by atoms with Crippen molar-refractivity contribution in [2.24, 2.45) is 17.6 Å². The predicted octanol–water partition coefficient (Wildman–Crippen LogP) is 4.65. The molecule has 0 bridgehead atoms. The fraction of sp³-hybridized carbons (Fsp3) is 0.316. The minimum atomic E-state index is -0.977. The SMILES string of the molecule is NC(=O)c1c(-c2ccc(Cl)cc2Cl)csc1NC(=O)[C@H]1CCCC[C@H]1C(=O)O. The van der Waals surface area contributed by atoms with Gasteiger partial charge in [0.25, 0.3) is 5.91 Å². The van der Waals surface area contributed by atoms with Crippen molar-refractivity contribution >= 4 is 57.3 Å². The molecular formula is C19H18Cl2N2O4S. The van der Waals surface area contributed by atoms with Crippen LogP contribution in [-0.4, -0.2) is 22.9 Å². The molecule has 1 aliphatic rings. The zero-order valence-electron chi connectivity index (χ0n) is 14.7. The number of carboxylic acids is 1. The first-order valence-electron chi connectivity index (χ1n) is 8.70. The Labute approximate surface area is 175 Å². The lowest BCUT2D eigenvalue weighted by atomic mass is 9.78. The van der Waals surface area contributed by atoms with Crippen LogP contribution >= 0.6 is 34.5 Å². The monoisotopic (exact) mass is 440 g/mol. The highest BCUT2D eigenvalue weighted by atomic mass is 35.5. The van der Waals surface area contributed by atoms with E-state index in [1.54, 1.807) is 23.6 Å². The summed E-state index contributed by atoms with van der Waals surface area (Å²) in [5.41, 5.74) is 6.76. The molecule has 2 amide bonds. The molecule has 1 heterocycles. The molecule has 0 radical (unpaired) electrons. The first-order valence-corrected chi connectivity index (χ1v) is 10.3. The summed E-state index contributed by atoms with van der Waals surface area (Å²) in [6.07, 6.45) is 2.54. The number of nitrogens with two attached hydrogens (primary N) is 1. The molecule has 4 N–H and O–H groups in total. The Hall–Kier alpha value is -2.09. The standard InChI is InChI=1S/C19H18Cl2N2O4S/c20-9-5-6-10(14(21)7-9)13-8-28-18(15(13)16(22)24)23-17(25)11-3-1-2-4-12(11)19(26)27/h5-8,11-12H,1-4H2,(H2,22,24)(H,23,25)(H,26,27)/t11-,12+/m0/s1. The number of benzene rings is 1. The first-order chi connectivity index (χ1) is 13.3. The lowest BCUT2D eigenvalue weighted by Gasteiger charge is -2.27. The summed E-state index contributed by atoms with van der Waals surface area (Å²) < 4.78 is 0. The van der Waals surface area contributed by atoms with Gasteiger partial charge in [-0.25, -0.2) is 0 Å². The van der Waals surface area contributed by atoms with Crippen LogP contribution in [0.15, 0.2) is 23.6 Å². The highest BCUT2D eigenvalue weighted by Crippen LogP contribution is 2.40. The van der Waals surface area contributed by atoms with Crippen molar-refractivity contribution in [3.63, 3.8) is 0 Å². The van der Waals surface area contributed by atoms with Gasteiger partial charge in [-0.3, -0.25) is 14.4 Å². The van der Waals surface area contributed by atoms with E-state index >= 15 is 0 Å². The highest BCUT2D eigenvalue weighted by molar-refractivity contribution is 7.15. The summed E-state index contributed by atoms with van der Waals surface area (Å²) in [4.78, 5) is 36.3. The number of anilines is 1. The number of carbonyl (C=O) groups is 3. The molecule has 28 heavy (non-hydrogen) atoms. The van der Waals surface area contributed by atoms with Gasteiger partial charge < -0.3 is 16.2 Å². The second kappa shape index (κ2) is 8.51. The highest BCUT2D eigenvalue weighted by Gasteiger charge is 2.36. The van der Waals surface area contributed by atoms with Gasteiger partial charge in [-0.2, -0.15) is 0 Å². The van der Waals surface area contributed by atoms with Crippen LogP contribution < -0.4 is 11.1 Å². The Morgan fingerprint density at radius 2 is 1.79 bits per heavy atom. The minimum Gasteiger partial charge on any atom is -0.481 e. The maximum absolute atomic E-state index is 12.8. The van der Waals surface area contributed by atoms with E-state index in [1.165, 1.54) is 0 Å². The Kier molecular flexibility index (Phi) is 6.27. The zero-order valence-corrected chi connectivity index (χ0v) is 17.0. The number of thiophene rings is 1. The normalized spacial score (nSPS) is 19.2. The summed E-state index contributed by atoms with van der Waals surface area (Å²) in [5, 5.41) is 14.9. The average molecular weight is 441 g/mol. The molecule has 2 atom stereocenters. The van der Waals surface area contributed by atoms with E-state index in [2.05, 4.69) is 5.32 Å². The lowest BCUT2D eigenvalue weighted by molar-refractivity contribution is -0.147. The van der Waals surface area contributed by atoms with Gasteiger partial charge in [0.15, 0.2) is 0 Å². The predicted molar refractivity (Wildman–Crippen MR) is 110 cm³/mol. The molecule has 0 unspecified atom stereocenters. The Morgan fingerprint density at radius 3 is 2.39 bits per heavy atom. The minimum absolute atomic E-state index is 0.144. The van der Waals surface area contributed by atoms with Crippen molar-refractivity contribution in [2.45, 2.75) is 25.7 Å². The zero-order chi connectivity index (χ0) is 20.4. The van der Waals surface area contributed by atoms with Gasteiger partial charge in [0.05, 0.1) is 17.4 Å². The fourth-order valence-electron chi connectivity index (χ4n) is 3.55. The number of primary amides is 1. The number of amides is 2. The molecule has 3 rings (SSSR count). The van der Waals surface area contributed by atoms with Crippen LogP contribution in [0.3, 0.4) is 0 Å². The molecule has 148 valence electrons. The molecule has 1 aromatic heterocycles. The molecule has 2 aromatic rings. The maximum atomic E-state index is 12.8. The third kappa shape index (κ3) is 4.16. The number of rotatable bonds is 5. The average Bonchev–Trinajstić information content (AvgIpc) is 3.05. The van der Waals surface area contributed by atoms with Gasteiger partial charge >= 0.3 is 5.97 Å². The van der Waals surface area contributed by atoms with Crippen LogP contribution in [0.4, 0.5) is 5.00 Å². The van der Waals surface area contributed by atoms with E-state index < -0.39 is 29.6 Å². The molecule has 1 aromatic carbocycles. The van der Waals surface area contributed by atoms with E-state index in [4.69, 9.17) is 28.9 Å². The van der Waals surface area contributed by atoms with Crippen LogP contribution in [0, 0.1) is 11.8 Å². The summed E-state index contributed by atoms with van der Waals surface area (Å²) in [6.45, 7) is 0. The van der Waals surface area contributed by atoms with Crippen molar-refractivity contribution in [3.05, 3.63) is 39.2 Å². The van der Waals surface area contributed by atoms with Gasteiger partial charge in [-0.05, 0) is 25.0 Å². The topological polar surface area (TPSA) is 109 Å². The fourth-order valence-corrected chi connectivity index (χ4v) is 5.02. The van der Waals surface area contributed by atoms with Crippen LogP contribution in [0.25, 0.3) is 11.1 Å². The van der Waals surface area contributed by atoms with E-state index in [0.717, 1.165) is 24.2 Å². The number of carbonyl (C=O) groups excluding carboxylic acids is 2. The van der Waals surface area contributed by atoms with Gasteiger partial charge in [-0.1, -0.05) is 42.1 Å². The van der Waals surface area contributed by atoms with Crippen molar-refractivity contribution in [1.82, 2.24) is 0 Å². The Balaban J connectivity index is 1.92. The summed E-state index contributed by atoms with van der Waals surface area (Å²) in [7, 11) is 0. The largest absolute Gasteiger partial charge is 0.481 e. The van der Waals surface area contributed by atoms with E-state index in [-0.39, 0.29) is 10.6 Å². The molecular weight excluding hydrogens is 423 g/mol. The summed E-state index contributed by atoms with van der Waals surface area (Å²) in [5.74, 6) is -3.47. The molecule has 1 saturated carbocycles. The number of hydrogen-bond donors (Lipinski definition) is 3. The number of nitrogens with one attached hydrogen (secondary N) is 1. The quantitative estimate of drug-likeness (QED) is 0.627. The molecule has 1 fully saturated rings. The van der Waals surface area contributed by atoms with Crippen LogP contribution in [-0.2, 0) is 9.59 Å². The van der Waals surface area contributed by atoms with E-state index in [9.17, 15) is 19.5 Å². The third-order valence-electron chi connectivity index (χ3n) is 4.92. The number of hydrogen-bond acceptors (Lipinski definition) is 4. The van der Waals surface area contributed by atoms with Gasteiger partial charge in [0, 0.05) is 26.6 Å². The van der Waals surface area contributed by atoms with Gasteiger partial charge in [0.2, 0.25) is 5.91 Å². The molecule has 0 spiro atoms. The van der Waals surface area contributed by atoms with Crippen molar-refractivity contribution in [1.29, 1.82) is 0 Å². The maximum Gasteiger partial charge on any atom is 0.307 e. The van der Waals surface area contributed by atoms with Crippen LogP contribution in [0.1, 0.15) is 36.0 Å². The number of carboxylic acid groups (broad SMARTS) is 1. The second-order valence-corrected chi connectivity index (χ2v) is 8.39. The molecule has 1 aliphatic carbocycles. The lowest BCUT2D eigenvalue weighted by Crippen LogP contribution is -2.36. The number of aliphatic carboxylic acids is 1. The van der Waals surface area contributed by atoms with Crippen molar-refractivity contribution in [2.75, 3.05) is 5.32 Å². The van der Waals surface area contributed by atoms with Crippen molar-refractivity contribution in [3.8, 4) is 11.1 Å². The number of halogens is 2. The second-order valence-electron chi connectivity index (χ2n) is 6.67. The summed E-state index contributed by atoms with van der Waals surface area (Å²) in [6, 6.07) is 4.87. The molecule has 6 nitrogen and oxygen atoms in total. The first kappa shape index (κ1) is 20.6. The van der Waals surface area contributed by atoms with Crippen molar-refractivity contribution < 1.29 is 19.5 Å². The van der Waals surface area contributed by atoms with Crippen LogP contribution in [0.5, 0.6) is 0 Å². The Morgan fingerprint density at radius 1 is 1.11 bits per heavy atom. The summed E-state index contributed by atoms with van der Waals surface area (Å²) >= 11 is 13.3. The third-order valence-corrected chi connectivity index (χ3v) is 6.36. The van der Waals surface area contributed by atoms with Gasteiger partial charge in [0.1, 0.15) is 5.00 Å².